The van der Waals surface area contributed by atoms with Crippen LogP contribution in [0.1, 0.15) is 33.4 Å². The molecule has 0 aliphatic heterocycles. The van der Waals surface area contributed by atoms with E-state index in [9.17, 15) is 0 Å². The summed E-state index contributed by atoms with van der Waals surface area (Å²) in [6.45, 7) is 12.8. The summed E-state index contributed by atoms with van der Waals surface area (Å²) in [5.74, 6) is 0. The molecule has 20 aromatic rings. The van der Waals surface area contributed by atoms with E-state index >= 15 is 0 Å². The first-order chi connectivity index (χ1) is 56.3. The molecule has 0 saturated carbocycles. The minimum atomic E-state index is 1.08. The highest BCUT2D eigenvalue weighted by Gasteiger charge is 2.26. The number of hydrogen-bond acceptors (Lipinski definition) is 3. The normalized spacial score (nSPS) is 11.3. The molecule has 0 aliphatic rings. The molecule has 0 heterocycles. The highest BCUT2D eigenvalue weighted by atomic mass is 79.9. The maximum atomic E-state index is 3.78. The van der Waals surface area contributed by atoms with E-state index in [4.69, 9.17) is 0 Å². The maximum absolute atomic E-state index is 3.78. The summed E-state index contributed by atoms with van der Waals surface area (Å²) in [4.78, 5) is 4.80. The third-order valence-electron chi connectivity index (χ3n) is 22.4. The topological polar surface area (TPSA) is 18.5 Å². The lowest BCUT2D eigenvalue weighted by molar-refractivity contribution is 1.27. The van der Waals surface area contributed by atoms with Gasteiger partial charge in [-0.1, -0.05) is 332 Å². The molecule has 0 bridgehead atoms. The van der Waals surface area contributed by atoms with E-state index in [-0.39, 0.29) is 0 Å². The van der Waals surface area contributed by atoms with Crippen molar-refractivity contribution in [2.45, 2.75) is 41.5 Å². The molecule has 3 nitrogen and oxygen atoms in total. The summed E-state index contributed by atoms with van der Waals surface area (Å²) in [6, 6.07) is 142. The Morgan fingerprint density at radius 3 is 0.670 bits per heavy atom. The zero-order valence-corrected chi connectivity index (χ0v) is 68.3. The molecular formula is C110H83Br2N3. The van der Waals surface area contributed by atoms with Crippen molar-refractivity contribution in [1.29, 1.82) is 0 Å². The van der Waals surface area contributed by atoms with E-state index in [2.05, 4.69) is 477 Å². The predicted molar refractivity (Wildman–Crippen MR) is 504 cm³/mol. The lowest BCUT2D eigenvalue weighted by atomic mass is 9.83. The van der Waals surface area contributed by atoms with Gasteiger partial charge in [0.25, 0.3) is 0 Å². The van der Waals surface area contributed by atoms with E-state index in [1.165, 1.54) is 164 Å². The van der Waals surface area contributed by atoms with Gasteiger partial charge in [0.2, 0.25) is 0 Å². The molecule has 0 saturated heterocycles. The molecule has 0 unspecified atom stereocenters. The second-order valence-electron chi connectivity index (χ2n) is 30.3. The molecular weight excluding hydrogens is 1520 g/mol. The Hall–Kier alpha value is -13.2. The van der Waals surface area contributed by atoms with E-state index in [0.717, 1.165) is 54.4 Å². The minimum absolute atomic E-state index is 1.08. The van der Waals surface area contributed by atoms with Gasteiger partial charge in [-0.15, -0.1) is 0 Å². The summed E-state index contributed by atoms with van der Waals surface area (Å²) in [5, 5.41) is 23.1. The van der Waals surface area contributed by atoms with Crippen LogP contribution in [-0.4, -0.2) is 0 Å². The molecule has 20 aromatic carbocycles. The monoisotopic (exact) mass is 1600 g/mol. The number of nitrogens with zero attached hydrogens (tertiary/aromatic N) is 2. The second kappa shape index (κ2) is 31.8. The van der Waals surface area contributed by atoms with Gasteiger partial charge in [0.15, 0.2) is 0 Å². The number of benzene rings is 20. The van der Waals surface area contributed by atoms with Crippen molar-refractivity contribution >= 4 is 164 Å². The summed E-state index contributed by atoms with van der Waals surface area (Å²) in [6.07, 6.45) is 0. The summed E-state index contributed by atoms with van der Waals surface area (Å²) in [5.41, 5.74) is 26.4. The number of fused-ring (bicyclic) bond motifs is 8. The molecule has 115 heavy (non-hydrogen) atoms. The van der Waals surface area contributed by atoms with E-state index in [1.54, 1.807) is 0 Å². The summed E-state index contributed by atoms with van der Waals surface area (Å²) < 4.78 is 2.16. The van der Waals surface area contributed by atoms with Crippen molar-refractivity contribution < 1.29 is 0 Å². The van der Waals surface area contributed by atoms with Gasteiger partial charge in [-0.2, -0.15) is 0 Å². The van der Waals surface area contributed by atoms with Crippen LogP contribution in [0.2, 0.25) is 0 Å². The molecule has 0 spiro atoms. The first-order valence-corrected chi connectivity index (χ1v) is 41.0. The molecule has 0 aromatic heterocycles. The Morgan fingerprint density at radius 2 is 0.400 bits per heavy atom. The zero-order valence-electron chi connectivity index (χ0n) is 65.1. The van der Waals surface area contributed by atoms with E-state index < -0.39 is 0 Å². The fourth-order valence-electron chi connectivity index (χ4n) is 16.7. The van der Waals surface area contributed by atoms with Gasteiger partial charge in [-0.05, 0) is 294 Å². The highest BCUT2D eigenvalue weighted by molar-refractivity contribution is 9.10. The van der Waals surface area contributed by atoms with Crippen LogP contribution in [0.5, 0.6) is 0 Å². The number of halogens is 2. The average molecular weight is 1610 g/mol. The Kier molecular flexibility index (Phi) is 20.3. The highest BCUT2D eigenvalue weighted by Crippen LogP contribution is 2.52. The zero-order chi connectivity index (χ0) is 78.2. The standard InChI is InChI=1S/C62H48N2.C34H20Br2.C14H15N/c1-41-19-27-47(28-20-41)63(48-29-21-42(2)22-30-48)51-35-37-57-59(39-51)61(55-17-9-13-45-11-5-7-15-53(45)55)58-38-36-52(40-60(58)62(57)56-18-10-14-46-12-6-8-16-54(46)56)64(49-31-23-43(3)24-32-49)50-33-25-44(4)26-34-50;35-23-16-18-30-31(19-23)33(27-13-5-9-21-7-1-3-11-25(21)27)29-17-15-24(36)20-32(29)34(30)28-14-6-10-22-8-2-4-12-26(22)28;1-11-3-7-13(8-4-11)15-14-9-5-12(2)6-10-14/h5-40H,1-4H3;1-20H;3-10,15H,1-2H3. The molecule has 552 valence electrons. The van der Waals surface area contributed by atoms with Gasteiger partial charge in [-0.25, -0.2) is 0 Å². The number of nitrogens with one attached hydrogen (secondary N) is 1. The lowest BCUT2D eigenvalue weighted by Crippen LogP contribution is -2.10. The SMILES string of the molecule is Brc1ccc2c(-c3cccc4ccccc34)c3cc(Br)ccc3c(-c3cccc4ccccc34)c2c1.Cc1ccc(N(c2ccc(C)cc2)c2ccc3c(-c4cccc5ccccc45)c4cc(N(c5ccc(C)cc5)c5ccc(C)cc5)ccc4c(-c4cccc5ccccc45)c3c2)cc1.Cc1ccc(Nc2ccc(C)cc2)cc1. The second-order valence-corrected chi connectivity index (χ2v) is 32.1. The largest absolute Gasteiger partial charge is 0.356 e. The molecule has 0 radical (unpaired) electrons. The van der Waals surface area contributed by atoms with Gasteiger partial charge in [-0.3, -0.25) is 0 Å². The molecule has 5 heteroatoms. The third kappa shape index (κ3) is 14.7. The summed E-state index contributed by atoms with van der Waals surface area (Å²) in [7, 11) is 0. The van der Waals surface area contributed by atoms with Gasteiger partial charge < -0.3 is 15.1 Å². The number of anilines is 8. The van der Waals surface area contributed by atoms with Crippen LogP contribution in [0.15, 0.2) is 397 Å². The van der Waals surface area contributed by atoms with Gasteiger partial charge in [0.1, 0.15) is 0 Å². The average Bonchev–Trinajstić information content (AvgIpc) is 0.783. The Bertz CT molecular complexity index is 6510. The van der Waals surface area contributed by atoms with Crippen molar-refractivity contribution in [2.75, 3.05) is 15.1 Å². The van der Waals surface area contributed by atoms with Crippen molar-refractivity contribution in [2.24, 2.45) is 0 Å². The predicted octanol–water partition coefficient (Wildman–Crippen LogP) is 33.0. The van der Waals surface area contributed by atoms with Crippen LogP contribution >= 0.6 is 31.9 Å². The van der Waals surface area contributed by atoms with Crippen molar-refractivity contribution in [3.05, 3.63) is 431 Å². The summed E-state index contributed by atoms with van der Waals surface area (Å²) >= 11 is 7.56. The number of rotatable bonds is 12. The smallest absolute Gasteiger partial charge is 0.0468 e. The third-order valence-corrected chi connectivity index (χ3v) is 23.4. The van der Waals surface area contributed by atoms with Crippen LogP contribution in [0, 0.1) is 41.5 Å². The molecule has 1 N–H and O–H groups in total. The molecule has 0 fully saturated rings. The minimum Gasteiger partial charge on any atom is -0.356 e. The van der Waals surface area contributed by atoms with Gasteiger partial charge in [0, 0.05) is 54.4 Å². The van der Waals surface area contributed by atoms with Crippen molar-refractivity contribution in [1.82, 2.24) is 0 Å². The van der Waals surface area contributed by atoms with Crippen LogP contribution < -0.4 is 15.1 Å². The number of hydrogen-bond donors (Lipinski definition) is 1. The molecule has 0 amide bonds. The van der Waals surface area contributed by atoms with Crippen LogP contribution in [0.25, 0.3) is 131 Å². The van der Waals surface area contributed by atoms with Crippen LogP contribution in [0.3, 0.4) is 0 Å². The van der Waals surface area contributed by atoms with E-state index in [0.29, 0.717) is 0 Å². The Morgan fingerprint density at radius 1 is 0.183 bits per heavy atom. The van der Waals surface area contributed by atoms with E-state index in [1.807, 2.05) is 0 Å². The Labute approximate surface area is 690 Å². The van der Waals surface area contributed by atoms with Gasteiger partial charge in [0.05, 0.1) is 0 Å². The first-order valence-electron chi connectivity index (χ1n) is 39.4. The van der Waals surface area contributed by atoms with Gasteiger partial charge >= 0.3 is 0 Å². The van der Waals surface area contributed by atoms with Crippen LogP contribution in [-0.2, 0) is 0 Å². The fourth-order valence-corrected chi connectivity index (χ4v) is 17.4. The van der Waals surface area contributed by atoms with Crippen LogP contribution in [0.4, 0.5) is 45.5 Å². The van der Waals surface area contributed by atoms with Crippen molar-refractivity contribution in [3.63, 3.8) is 0 Å². The molecule has 0 aliphatic carbocycles. The fraction of sp³-hybridized carbons (Fsp3) is 0.0545. The maximum Gasteiger partial charge on any atom is 0.0468 e. The first kappa shape index (κ1) is 73.3. The molecule has 0 atom stereocenters. The Balaban J connectivity index is 0.000000149. The number of aryl methyl sites for hydroxylation is 6. The molecule has 20 rings (SSSR count). The lowest BCUT2D eigenvalue weighted by Gasteiger charge is -2.28. The quantitative estimate of drug-likeness (QED) is 0.123. The van der Waals surface area contributed by atoms with Crippen molar-refractivity contribution in [3.8, 4) is 44.5 Å².